The van der Waals surface area contributed by atoms with E-state index in [9.17, 15) is 18.3 Å². The summed E-state index contributed by atoms with van der Waals surface area (Å²) in [4.78, 5) is 7.96. The van der Waals surface area contributed by atoms with E-state index in [2.05, 4.69) is 20.4 Å². The van der Waals surface area contributed by atoms with Crippen molar-refractivity contribution in [1.82, 2.24) is 19.7 Å². The van der Waals surface area contributed by atoms with Crippen LogP contribution in [0.15, 0.2) is 30.5 Å². The lowest BCUT2D eigenvalue weighted by Crippen LogP contribution is -2.20. The maximum Gasteiger partial charge on any atom is 0.416 e. The molecule has 0 unspecified atom stereocenters. The summed E-state index contributed by atoms with van der Waals surface area (Å²) < 4.78 is 39.7. The molecule has 0 bridgehead atoms. The number of benzene rings is 1. The van der Waals surface area contributed by atoms with Gasteiger partial charge in [-0.25, -0.2) is 0 Å². The zero-order chi connectivity index (χ0) is 17.8. The summed E-state index contributed by atoms with van der Waals surface area (Å²) in [6.07, 6.45) is -1.27. The van der Waals surface area contributed by atoms with Crippen molar-refractivity contribution in [1.29, 1.82) is 0 Å². The second kappa shape index (κ2) is 5.08. The Kier molecular flexibility index (Phi) is 3.18. The molecule has 0 saturated heterocycles. The normalized spacial score (nSPS) is 16.2. The number of fused-ring (bicyclic) bond motifs is 1. The highest BCUT2D eigenvalue weighted by Gasteiger charge is 2.45. The van der Waals surface area contributed by atoms with Gasteiger partial charge in [0, 0.05) is 7.05 Å². The largest absolute Gasteiger partial charge is 0.479 e. The van der Waals surface area contributed by atoms with Gasteiger partial charge in [-0.05, 0) is 30.5 Å². The molecule has 25 heavy (non-hydrogen) atoms. The van der Waals surface area contributed by atoms with Crippen molar-refractivity contribution in [3.63, 3.8) is 0 Å². The first-order valence-electron chi connectivity index (χ1n) is 7.63. The van der Waals surface area contributed by atoms with Crippen molar-refractivity contribution in [2.75, 3.05) is 5.32 Å². The van der Waals surface area contributed by atoms with Gasteiger partial charge in [-0.2, -0.15) is 28.2 Å². The molecule has 0 radical (unpaired) electrons. The molecule has 0 amide bonds. The fourth-order valence-electron chi connectivity index (χ4n) is 2.92. The fraction of sp³-hybridized carbons (Fsp3) is 0.312. The monoisotopic (exact) mass is 349 g/mol. The Balaban J connectivity index is 1.69. The van der Waals surface area contributed by atoms with E-state index in [4.69, 9.17) is 0 Å². The molecule has 2 aromatic heterocycles. The van der Waals surface area contributed by atoms with Crippen LogP contribution >= 0.6 is 0 Å². The van der Waals surface area contributed by atoms with Crippen molar-refractivity contribution in [2.45, 2.75) is 24.6 Å². The van der Waals surface area contributed by atoms with Crippen LogP contribution in [0.2, 0.25) is 0 Å². The van der Waals surface area contributed by atoms with Crippen molar-refractivity contribution < 1.29 is 18.3 Å². The fourth-order valence-corrected chi connectivity index (χ4v) is 2.92. The number of halogens is 3. The lowest BCUT2D eigenvalue weighted by Gasteiger charge is -2.20. The van der Waals surface area contributed by atoms with Gasteiger partial charge in [0.05, 0.1) is 22.7 Å². The Morgan fingerprint density at radius 1 is 1.16 bits per heavy atom. The summed E-state index contributed by atoms with van der Waals surface area (Å²) in [5, 5.41) is 17.7. The minimum atomic E-state index is -4.36. The van der Waals surface area contributed by atoms with Gasteiger partial charge in [0.2, 0.25) is 0 Å². The molecular formula is C16H14F3N5O. The molecular weight excluding hydrogens is 335 g/mol. The molecule has 9 heteroatoms. The van der Waals surface area contributed by atoms with E-state index < -0.39 is 17.3 Å². The molecule has 4 rings (SSSR count). The van der Waals surface area contributed by atoms with Crippen molar-refractivity contribution >= 4 is 16.9 Å². The molecule has 0 aliphatic heterocycles. The highest BCUT2D eigenvalue weighted by Crippen LogP contribution is 2.49. The lowest BCUT2D eigenvalue weighted by molar-refractivity contribution is -0.137. The molecule has 130 valence electrons. The first-order valence-corrected chi connectivity index (χ1v) is 7.63. The van der Waals surface area contributed by atoms with E-state index in [0.29, 0.717) is 16.9 Å². The third-order valence-corrected chi connectivity index (χ3v) is 4.45. The third-order valence-electron chi connectivity index (χ3n) is 4.45. The zero-order valence-corrected chi connectivity index (χ0v) is 13.2. The number of nitrogens with zero attached hydrogens (tertiary/aromatic N) is 4. The van der Waals surface area contributed by atoms with Gasteiger partial charge in [0.1, 0.15) is 5.82 Å². The van der Waals surface area contributed by atoms with E-state index in [0.717, 1.165) is 30.5 Å². The van der Waals surface area contributed by atoms with Crippen LogP contribution in [0.25, 0.3) is 11.0 Å². The van der Waals surface area contributed by atoms with E-state index in [1.165, 1.54) is 16.8 Å². The van der Waals surface area contributed by atoms with Gasteiger partial charge in [0.15, 0.2) is 5.65 Å². The van der Waals surface area contributed by atoms with Crippen LogP contribution in [-0.4, -0.2) is 24.9 Å². The quantitative estimate of drug-likeness (QED) is 0.759. The minimum Gasteiger partial charge on any atom is -0.479 e. The average molecular weight is 349 g/mol. The van der Waals surface area contributed by atoms with Gasteiger partial charge >= 0.3 is 12.2 Å². The molecule has 2 N–H and O–H groups in total. The van der Waals surface area contributed by atoms with Gasteiger partial charge < -0.3 is 10.4 Å². The highest BCUT2D eigenvalue weighted by atomic mass is 19.4. The number of alkyl halides is 3. The second-order valence-corrected chi connectivity index (χ2v) is 6.16. The molecule has 2 heterocycles. The Hall–Kier alpha value is -2.84. The molecule has 0 atom stereocenters. The van der Waals surface area contributed by atoms with Gasteiger partial charge in [-0.3, -0.25) is 4.68 Å². The SMILES string of the molecule is Cn1ncc2c(NC3(c4ccc(C(F)(F)F)cc4)CC3)nc(O)nc21. The van der Waals surface area contributed by atoms with Crippen LogP contribution in [-0.2, 0) is 18.8 Å². The van der Waals surface area contributed by atoms with E-state index in [1.54, 1.807) is 13.2 Å². The summed E-state index contributed by atoms with van der Waals surface area (Å²) in [7, 11) is 1.70. The van der Waals surface area contributed by atoms with Crippen LogP contribution in [0.1, 0.15) is 24.0 Å². The van der Waals surface area contributed by atoms with Crippen LogP contribution in [0.3, 0.4) is 0 Å². The number of aromatic hydroxyl groups is 1. The predicted molar refractivity (Wildman–Crippen MR) is 83.9 cm³/mol. The van der Waals surface area contributed by atoms with Gasteiger partial charge in [0.25, 0.3) is 0 Å². The number of nitrogens with one attached hydrogen (secondary N) is 1. The molecule has 3 aromatic rings. The topological polar surface area (TPSA) is 75.9 Å². The maximum absolute atomic E-state index is 12.7. The molecule has 1 saturated carbocycles. The average Bonchev–Trinajstić information content (AvgIpc) is 3.24. The highest BCUT2D eigenvalue weighted by molar-refractivity contribution is 5.87. The minimum absolute atomic E-state index is 0.387. The summed E-state index contributed by atoms with van der Waals surface area (Å²) in [6, 6.07) is 4.72. The summed E-state index contributed by atoms with van der Waals surface area (Å²) in [5.74, 6) is 0.410. The molecule has 6 nitrogen and oxygen atoms in total. The third kappa shape index (κ3) is 2.65. The second-order valence-electron chi connectivity index (χ2n) is 6.16. The smallest absolute Gasteiger partial charge is 0.416 e. The number of aryl methyl sites for hydroxylation is 1. The number of rotatable bonds is 3. The van der Waals surface area contributed by atoms with E-state index in [1.807, 2.05) is 0 Å². The van der Waals surface area contributed by atoms with E-state index >= 15 is 0 Å². The summed E-state index contributed by atoms with van der Waals surface area (Å²) in [6.45, 7) is 0. The number of hydrogen-bond acceptors (Lipinski definition) is 5. The zero-order valence-electron chi connectivity index (χ0n) is 13.2. The molecule has 1 fully saturated rings. The first-order chi connectivity index (χ1) is 11.8. The number of hydrogen-bond donors (Lipinski definition) is 2. The van der Waals surface area contributed by atoms with Gasteiger partial charge in [-0.15, -0.1) is 0 Å². The Morgan fingerprint density at radius 3 is 2.44 bits per heavy atom. The van der Waals surface area contributed by atoms with Crippen molar-refractivity contribution in [3.8, 4) is 6.01 Å². The van der Waals surface area contributed by atoms with Crippen LogP contribution in [0, 0.1) is 0 Å². The van der Waals surface area contributed by atoms with Crippen molar-refractivity contribution in [2.24, 2.45) is 7.05 Å². The molecule has 1 aliphatic rings. The van der Waals surface area contributed by atoms with Crippen LogP contribution in [0.5, 0.6) is 6.01 Å². The Labute approximate surface area is 140 Å². The van der Waals surface area contributed by atoms with Crippen molar-refractivity contribution in [3.05, 3.63) is 41.6 Å². The molecule has 1 aromatic carbocycles. The summed E-state index contributed by atoms with van der Waals surface area (Å²) >= 11 is 0. The number of anilines is 1. The predicted octanol–water partition coefficient (Wildman–Crippen LogP) is 3.19. The van der Waals surface area contributed by atoms with Crippen LogP contribution in [0.4, 0.5) is 19.0 Å². The number of aromatic nitrogens is 4. The molecule has 0 spiro atoms. The standard InChI is InChI=1S/C16H14F3N5O/c1-24-13-11(8-20-24)12(21-14(25)22-13)23-15(6-7-15)9-2-4-10(5-3-9)16(17,18)19/h2-5,8H,6-7H2,1H3,(H2,21,22,23,25). The van der Waals surface area contributed by atoms with Crippen LogP contribution < -0.4 is 5.32 Å². The maximum atomic E-state index is 12.7. The lowest BCUT2D eigenvalue weighted by atomic mass is 10.0. The summed E-state index contributed by atoms with van der Waals surface area (Å²) in [5.41, 5.74) is 0.0449. The Bertz CT molecular complexity index is 945. The first kappa shape index (κ1) is 15.7. The molecule has 1 aliphatic carbocycles. The van der Waals surface area contributed by atoms with E-state index in [-0.39, 0.29) is 6.01 Å². The van der Waals surface area contributed by atoms with Gasteiger partial charge in [-0.1, -0.05) is 12.1 Å². The Morgan fingerprint density at radius 2 is 1.84 bits per heavy atom.